The van der Waals surface area contributed by atoms with Crippen molar-refractivity contribution in [1.82, 2.24) is 10.3 Å². The predicted octanol–water partition coefficient (Wildman–Crippen LogP) is 5.61. The summed E-state index contributed by atoms with van der Waals surface area (Å²) >= 11 is 0. The fourth-order valence-corrected chi connectivity index (χ4v) is 4.87. The van der Waals surface area contributed by atoms with E-state index in [1.165, 1.54) is 11.1 Å². The Morgan fingerprint density at radius 2 is 1.68 bits per heavy atom. The van der Waals surface area contributed by atoms with Crippen LogP contribution >= 0.6 is 0 Å². The third-order valence-corrected chi connectivity index (χ3v) is 7.26. The second kappa shape index (κ2) is 12.6. The molecule has 1 fully saturated rings. The van der Waals surface area contributed by atoms with Gasteiger partial charge in [0.15, 0.2) is 0 Å². The van der Waals surface area contributed by atoms with Crippen molar-refractivity contribution in [2.45, 2.75) is 58.7 Å². The Morgan fingerprint density at radius 3 is 2.38 bits per heavy atom. The molecule has 7 heteroatoms. The van der Waals surface area contributed by atoms with Crippen molar-refractivity contribution >= 4 is 17.3 Å². The smallest absolute Gasteiger partial charge is 0.227 e. The Bertz CT molecular complexity index is 1190. The van der Waals surface area contributed by atoms with Crippen molar-refractivity contribution in [3.05, 3.63) is 77.1 Å². The first-order valence-electron chi connectivity index (χ1n) is 13.0. The van der Waals surface area contributed by atoms with Crippen LogP contribution in [0.4, 0.5) is 11.4 Å². The molecule has 0 spiro atoms. The number of amides is 1. The summed E-state index contributed by atoms with van der Waals surface area (Å²) in [6.07, 6.45) is 7.53. The van der Waals surface area contributed by atoms with Crippen molar-refractivity contribution in [1.29, 1.82) is 0 Å². The van der Waals surface area contributed by atoms with Gasteiger partial charge in [-0.05, 0) is 80.0 Å². The van der Waals surface area contributed by atoms with Crippen LogP contribution < -0.4 is 25.4 Å². The van der Waals surface area contributed by atoms with Gasteiger partial charge in [0, 0.05) is 43.0 Å². The first kappa shape index (κ1) is 26.5. The average molecular weight is 503 g/mol. The summed E-state index contributed by atoms with van der Waals surface area (Å²) in [5, 5.41) is 10.4. The lowest BCUT2D eigenvalue weighted by Crippen LogP contribution is -2.36. The van der Waals surface area contributed by atoms with Crippen LogP contribution in [0.1, 0.15) is 47.9 Å². The van der Waals surface area contributed by atoms with E-state index in [0.717, 1.165) is 72.8 Å². The van der Waals surface area contributed by atoms with E-state index >= 15 is 0 Å². The summed E-state index contributed by atoms with van der Waals surface area (Å²) in [6, 6.07) is 14.3. The normalized spacial score (nSPS) is 17.2. The number of hydrogen-bond donors (Lipinski definition) is 3. The lowest BCUT2D eigenvalue weighted by atomic mass is 9.85. The molecule has 4 rings (SSSR count). The number of carbonyl (C=O) groups excluding carboxylic acids is 1. The van der Waals surface area contributed by atoms with Gasteiger partial charge in [-0.2, -0.15) is 0 Å². The molecule has 0 saturated heterocycles. The summed E-state index contributed by atoms with van der Waals surface area (Å²) in [5.74, 6) is 1.78. The molecule has 1 saturated carbocycles. The number of ether oxygens (including phenoxy) is 2. The SMILES string of the molecule is COc1ccc(CNc2cncc(C)c2CNC2CCC(C(=O)Nc3ccc(C)c(OC)c3)CC2)cc1. The number of pyridine rings is 1. The number of carbonyl (C=O) groups is 1. The number of benzene rings is 2. The van der Waals surface area contributed by atoms with Crippen LogP contribution in [0.3, 0.4) is 0 Å². The van der Waals surface area contributed by atoms with Crippen molar-refractivity contribution in [3.8, 4) is 11.5 Å². The molecule has 37 heavy (non-hydrogen) atoms. The van der Waals surface area contributed by atoms with Gasteiger partial charge in [0.05, 0.1) is 26.1 Å². The fraction of sp³-hybridized carbons (Fsp3) is 0.400. The van der Waals surface area contributed by atoms with Crippen molar-refractivity contribution < 1.29 is 14.3 Å². The zero-order valence-corrected chi connectivity index (χ0v) is 22.3. The van der Waals surface area contributed by atoms with Crippen molar-refractivity contribution in [2.24, 2.45) is 5.92 Å². The van der Waals surface area contributed by atoms with Crippen molar-refractivity contribution in [3.63, 3.8) is 0 Å². The highest BCUT2D eigenvalue weighted by Gasteiger charge is 2.26. The molecule has 3 aromatic rings. The van der Waals surface area contributed by atoms with E-state index in [2.05, 4.69) is 40.0 Å². The van der Waals surface area contributed by atoms with E-state index < -0.39 is 0 Å². The zero-order chi connectivity index (χ0) is 26.2. The highest BCUT2D eigenvalue weighted by molar-refractivity contribution is 5.92. The maximum atomic E-state index is 12.9. The number of aryl methyl sites for hydroxylation is 2. The second-order valence-electron chi connectivity index (χ2n) is 9.79. The Morgan fingerprint density at radius 1 is 0.919 bits per heavy atom. The second-order valence-corrected chi connectivity index (χ2v) is 9.79. The Labute approximate surface area is 220 Å². The zero-order valence-electron chi connectivity index (χ0n) is 22.3. The molecule has 1 aliphatic carbocycles. The molecule has 1 aromatic heterocycles. The molecule has 2 aromatic carbocycles. The molecular formula is C30H38N4O3. The van der Waals surface area contributed by atoms with Gasteiger partial charge in [0.1, 0.15) is 11.5 Å². The van der Waals surface area contributed by atoms with Gasteiger partial charge in [-0.25, -0.2) is 0 Å². The van der Waals surface area contributed by atoms with Crippen LogP contribution in [-0.4, -0.2) is 31.2 Å². The van der Waals surface area contributed by atoms with Gasteiger partial charge in [0.2, 0.25) is 5.91 Å². The quantitative estimate of drug-likeness (QED) is 0.334. The molecule has 196 valence electrons. The first-order valence-corrected chi connectivity index (χ1v) is 13.0. The van der Waals surface area contributed by atoms with E-state index in [1.54, 1.807) is 14.2 Å². The van der Waals surface area contributed by atoms with Crippen LogP contribution in [0.25, 0.3) is 0 Å². The molecule has 1 amide bonds. The summed E-state index contributed by atoms with van der Waals surface area (Å²) in [4.78, 5) is 17.3. The van der Waals surface area contributed by atoms with E-state index in [4.69, 9.17) is 9.47 Å². The largest absolute Gasteiger partial charge is 0.497 e. The molecule has 3 N–H and O–H groups in total. The van der Waals surface area contributed by atoms with Crippen LogP contribution in [0.5, 0.6) is 11.5 Å². The summed E-state index contributed by atoms with van der Waals surface area (Å²) in [5.41, 5.74) is 6.46. The predicted molar refractivity (Wildman–Crippen MR) is 148 cm³/mol. The highest BCUT2D eigenvalue weighted by atomic mass is 16.5. The lowest BCUT2D eigenvalue weighted by molar-refractivity contribution is -0.120. The van der Waals surface area contributed by atoms with Gasteiger partial charge < -0.3 is 25.4 Å². The van der Waals surface area contributed by atoms with Crippen LogP contribution in [0.2, 0.25) is 0 Å². The third kappa shape index (κ3) is 7.01. The van der Waals surface area contributed by atoms with Gasteiger partial charge in [-0.1, -0.05) is 18.2 Å². The fourth-order valence-electron chi connectivity index (χ4n) is 4.87. The Hall–Kier alpha value is -3.58. The average Bonchev–Trinajstić information content (AvgIpc) is 2.93. The highest BCUT2D eigenvalue weighted by Crippen LogP contribution is 2.28. The number of hydrogen-bond acceptors (Lipinski definition) is 6. The standard InChI is InChI=1S/C30H38N4O3/c1-20-5-10-25(15-29(20)37-4)34-30(35)23-8-11-24(12-9-23)32-18-27-21(2)16-31-19-28(27)33-17-22-6-13-26(36-3)14-7-22/h5-7,10,13-16,19,23-24,32-33H,8-9,11-12,17-18H2,1-4H3,(H,34,35). The van der Waals surface area contributed by atoms with E-state index in [1.807, 2.05) is 49.6 Å². The summed E-state index contributed by atoms with van der Waals surface area (Å²) in [6.45, 7) is 5.58. The minimum atomic E-state index is 0.0368. The number of aromatic nitrogens is 1. The number of nitrogens with zero attached hydrogens (tertiary/aromatic N) is 1. The monoisotopic (exact) mass is 502 g/mol. The van der Waals surface area contributed by atoms with Gasteiger partial charge in [-0.3, -0.25) is 9.78 Å². The minimum Gasteiger partial charge on any atom is -0.497 e. The van der Waals surface area contributed by atoms with Gasteiger partial charge >= 0.3 is 0 Å². The maximum absolute atomic E-state index is 12.9. The third-order valence-electron chi connectivity index (χ3n) is 7.26. The molecule has 0 atom stereocenters. The summed E-state index contributed by atoms with van der Waals surface area (Å²) < 4.78 is 10.6. The van der Waals surface area contributed by atoms with Gasteiger partial charge in [0.25, 0.3) is 0 Å². The van der Waals surface area contributed by atoms with Crippen LogP contribution in [0, 0.1) is 19.8 Å². The number of rotatable bonds is 10. The number of methoxy groups -OCH3 is 2. The molecular weight excluding hydrogens is 464 g/mol. The number of anilines is 2. The summed E-state index contributed by atoms with van der Waals surface area (Å²) in [7, 11) is 3.32. The van der Waals surface area contributed by atoms with E-state index in [9.17, 15) is 4.79 Å². The molecule has 1 aliphatic rings. The lowest BCUT2D eigenvalue weighted by Gasteiger charge is -2.29. The molecule has 0 radical (unpaired) electrons. The molecule has 0 unspecified atom stereocenters. The van der Waals surface area contributed by atoms with Crippen LogP contribution in [0.15, 0.2) is 54.9 Å². The Kier molecular flexibility index (Phi) is 9.01. The van der Waals surface area contributed by atoms with E-state index in [0.29, 0.717) is 6.04 Å². The number of nitrogens with one attached hydrogen (secondary N) is 3. The molecule has 0 aliphatic heterocycles. The first-order chi connectivity index (χ1) is 18.0. The minimum absolute atomic E-state index is 0.0368. The topological polar surface area (TPSA) is 84.5 Å². The maximum Gasteiger partial charge on any atom is 0.227 e. The van der Waals surface area contributed by atoms with Gasteiger partial charge in [-0.15, -0.1) is 0 Å². The molecule has 0 bridgehead atoms. The molecule has 1 heterocycles. The van der Waals surface area contributed by atoms with Crippen molar-refractivity contribution in [2.75, 3.05) is 24.9 Å². The van der Waals surface area contributed by atoms with Crippen LogP contribution in [-0.2, 0) is 17.9 Å². The molecule has 7 nitrogen and oxygen atoms in total. The van der Waals surface area contributed by atoms with E-state index in [-0.39, 0.29) is 11.8 Å². The Balaban J connectivity index is 1.27.